The molecule has 12 N–H and O–H groups in total. The molecule has 0 aromatic heterocycles. The van der Waals surface area contributed by atoms with E-state index in [9.17, 15) is 61.0 Å². The van der Waals surface area contributed by atoms with Gasteiger partial charge in [0.15, 0.2) is 18.9 Å². The number of ether oxygens (including phenoxy) is 6. The highest BCUT2D eigenvalue weighted by Crippen LogP contribution is 2.33. The standard InChI is InChI=1S/C81H131NO18/c1-3-5-7-9-11-13-15-17-19-21-22-23-24-25-26-27-28-29-30-31-32-33-34-35-36-37-38-39-40-41-42-43-45-47-49-51-53-55-57-59-69(87)82-64(65(86)58-56-54-52-50-48-46-44-20-18-16-14-12-10-8-6-4-2)63-95-79-75(93)72(90)77(67(61-84)97-79)100-81-76(94)73(91)78(68(62-85)98-81)99-80-74(92)71(89)70(88)66(60-83)96-80/h5,7,11,13,17,19,22-23,25-26,28-29,31-32,34-35,37-38,40-41,43,45,49,51,56,58,64-68,70-81,83-86,88-94H,3-4,6,8-10,12,14-16,18,20-21,24,27,30,33,36,39,42,44,46-48,50,52-55,57,59-63H2,1-2H3,(H,82,87)/b7-5-,13-11-,19-17-,23-22-,26-25-,29-28-,32-31-,35-34-,38-37-,41-40-,45-43-,51-49-,58-56+. The van der Waals surface area contributed by atoms with E-state index < -0.39 is 124 Å². The number of rotatable bonds is 56. The van der Waals surface area contributed by atoms with Crippen LogP contribution >= 0.6 is 0 Å². The molecule has 3 heterocycles. The molecule has 19 nitrogen and oxygen atoms in total. The Morgan fingerprint density at radius 2 is 0.690 bits per heavy atom. The molecule has 1 amide bonds. The van der Waals surface area contributed by atoms with E-state index in [1.807, 2.05) is 6.08 Å². The summed E-state index contributed by atoms with van der Waals surface area (Å²) in [7, 11) is 0. The van der Waals surface area contributed by atoms with Crippen molar-refractivity contribution in [2.24, 2.45) is 0 Å². The van der Waals surface area contributed by atoms with Crippen molar-refractivity contribution in [3.8, 4) is 0 Å². The fraction of sp³-hybridized carbons (Fsp3) is 0.667. The van der Waals surface area contributed by atoms with E-state index in [2.05, 4.69) is 165 Å². The van der Waals surface area contributed by atoms with Gasteiger partial charge in [-0.05, 0) is 109 Å². The molecule has 0 radical (unpaired) electrons. The van der Waals surface area contributed by atoms with Gasteiger partial charge in [-0.25, -0.2) is 0 Å². The Balaban J connectivity index is 1.39. The molecule has 0 aliphatic carbocycles. The topological polar surface area (TPSA) is 307 Å². The summed E-state index contributed by atoms with van der Waals surface area (Å²) in [5, 5.41) is 121. The number of unbranched alkanes of at least 4 members (excludes halogenated alkanes) is 16. The summed E-state index contributed by atoms with van der Waals surface area (Å²) in [6.45, 7) is 1.56. The van der Waals surface area contributed by atoms with E-state index in [4.69, 9.17) is 28.4 Å². The molecule has 0 saturated carbocycles. The van der Waals surface area contributed by atoms with Crippen molar-refractivity contribution in [1.29, 1.82) is 0 Å². The molecule has 0 aromatic carbocycles. The Morgan fingerprint density at radius 3 is 1.08 bits per heavy atom. The predicted molar refractivity (Wildman–Crippen MR) is 396 cm³/mol. The average molecular weight is 1410 g/mol. The third kappa shape index (κ3) is 39.9. The summed E-state index contributed by atoms with van der Waals surface area (Å²) >= 11 is 0. The highest BCUT2D eigenvalue weighted by atomic mass is 16.8. The lowest BCUT2D eigenvalue weighted by Gasteiger charge is -2.48. The second kappa shape index (κ2) is 59.8. The summed E-state index contributed by atoms with van der Waals surface area (Å²) < 4.78 is 34.3. The molecule has 100 heavy (non-hydrogen) atoms. The average Bonchev–Trinajstić information content (AvgIpc) is 0.784. The third-order valence-corrected chi connectivity index (χ3v) is 17.6. The molecule has 0 aromatic rings. The van der Waals surface area contributed by atoms with Gasteiger partial charge >= 0.3 is 0 Å². The molecule has 17 unspecified atom stereocenters. The molecule has 0 spiro atoms. The first-order valence-electron chi connectivity index (χ1n) is 37.7. The van der Waals surface area contributed by atoms with Gasteiger partial charge in [0, 0.05) is 6.42 Å². The summed E-state index contributed by atoms with van der Waals surface area (Å²) in [6.07, 6.45) is 60.8. The van der Waals surface area contributed by atoms with Gasteiger partial charge in [-0.15, -0.1) is 0 Å². The second-order valence-electron chi connectivity index (χ2n) is 26.0. The summed E-state index contributed by atoms with van der Waals surface area (Å²) in [5.41, 5.74) is 0. The monoisotopic (exact) mass is 1410 g/mol. The maximum Gasteiger partial charge on any atom is 0.220 e. The smallest absolute Gasteiger partial charge is 0.220 e. The molecular weight excluding hydrogens is 1270 g/mol. The third-order valence-electron chi connectivity index (χ3n) is 17.6. The molecule has 568 valence electrons. The highest BCUT2D eigenvalue weighted by Gasteiger charge is 2.53. The van der Waals surface area contributed by atoms with Crippen molar-refractivity contribution in [2.45, 2.75) is 317 Å². The predicted octanol–water partition coefficient (Wildman–Crippen LogP) is 11.7. The van der Waals surface area contributed by atoms with Crippen molar-refractivity contribution >= 4 is 5.91 Å². The fourth-order valence-corrected chi connectivity index (χ4v) is 11.5. The lowest BCUT2D eigenvalue weighted by atomic mass is 9.96. The van der Waals surface area contributed by atoms with E-state index in [0.717, 1.165) is 116 Å². The Hall–Kier alpha value is -4.59. The molecular formula is C81H131NO18. The van der Waals surface area contributed by atoms with Gasteiger partial charge in [0.05, 0.1) is 38.6 Å². The van der Waals surface area contributed by atoms with Crippen LogP contribution in [-0.2, 0) is 33.2 Å². The van der Waals surface area contributed by atoms with Crippen LogP contribution in [0.15, 0.2) is 158 Å². The Kier molecular flexibility index (Phi) is 53.6. The van der Waals surface area contributed by atoms with Crippen LogP contribution in [0.1, 0.15) is 213 Å². The Labute approximate surface area is 599 Å². The van der Waals surface area contributed by atoms with Gasteiger partial charge in [-0.1, -0.05) is 255 Å². The quantitative estimate of drug-likeness (QED) is 0.0199. The molecule has 3 aliphatic heterocycles. The van der Waals surface area contributed by atoms with E-state index in [1.54, 1.807) is 6.08 Å². The summed E-state index contributed by atoms with van der Waals surface area (Å²) in [5.74, 6) is -0.324. The first-order valence-corrected chi connectivity index (χ1v) is 37.7. The van der Waals surface area contributed by atoms with Gasteiger partial charge in [-0.3, -0.25) is 4.79 Å². The highest BCUT2D eigenvalue weighted by molar-refractivity contribution is 5.76. The van der Waals surface area contributed by atoms with Crippen LogP contribution in [-0.4, -0.2) is 193 Å². The largest absolute Gasteiger partial charge is 0.394 e. The van der Waals surface area contributed by atoms with Crippen LogP contribution in [0.4, 0.5) is 0 Å². The second-order valence-corrected chi connectivity index (χ2v) is 26.0. The molecule has 3 saturated heterocycles. The molecule has 19 heteroatoms. The van der Waals surface area contributed by atoms with Gasteiger partial charge in [0.1, 0.15) is 73.2 Å². The minimum Gasteiger partial charge on any atom is -0.394 e. The number of allylic oxidation sites excluding steroid dienone is 25. The molecule has 3 aliphatic rings. The Bertz CT molecular complexity index is 2430. The van der Waals surface area contributed by atoms with Crippen molar-refractivity contribution in [2.75, 3.05) is 26.4 Å². The van der Waals surface area contributed by atoms with E-state index in [-0.39, 0.29) is 18.9 Å². The number of nitrogens with one attached hydrogen (secondary N) is 1. The number of hydrogen-bond acceptors (Lipinski definition) is 18. The van der Waals surface area contributed by atoms with Crippen molar-refractivity contribution < 1.29 is 89.4 Å². The van der Waals surface area contributed by atoms with Gasteiger partial charge < -0.3 is 89.9 Å². The zero-order chi connectivity index (χ0) is 72.5. The van der Waals surface area contributed by atoms with Crippen LogP contribution in [0.25, 0.3) is 0 Å². The number of hydrogen-bond donors (Lipinski definition) is 12. The van der Waals surface area contributed by atoms with Gasteiger partial charge in [-0.2, -0.15) is 0 Å². The zero-order valence-corrected chi connectivity index (χ0v) is 60.4. The number of aliphatic hydroxyl groups excluding tert-OH is 11. The molecule has 3 rings (SSSR count). The molecule has 3 fully saturated rings. The lowest BCUT2D eigenvalue weighted by molar-refractivity contribution is -0.379. The van der Waals surface area contributed by atoms with Crippen LogP contribution < -0.4 is 5.32 Å². The van der Waals surface area contributed by atoms with E-state index in [0.29, 0.717) is 6.42 Å². The summed E-state index contributed by atoms with van der Waals surface area (Å²) in [4.78, 5) is 13.4. The maximum atomic E-state index is 13.4. The fourth-order valence-electron chi connectivity index (χ4n) is 11.5. The zero-order valence-electron chi connectivity index (χ0n) is 60.4. The first-order chi connectivity index (χ1) is 48.8. The minimum absolute atomic E-state index is 0.177. The van der Waals surface area contributed by atoms with Crippen LogP contribution in [0.3, 0.4) is 0 Å². The van der Waals surface area contributed by atoms with E-state index >= 15 is 0 Å². The number of amides is 1. The Morgan fingerprint density at radius 1 is 0.370 bits per heavy atom. The molecule has 17 atom stereocenters. The van der Waals surface area contributed by atoms with Crippen LogP contribution in [0, 0.1) is 0 Å². The SMILES string of the molecule is CC/C=C\C/C=C\C/C=C\C/C=C\C/C=C\C/C=C\C/C=C\C/C=C\C/C=C\C/C=C\C/C=C\C/C=C\CCCCC(=O)NC(COC1OC(CO)C(OC2OC(CO)C(OC3OC(CO)C(O)C(O)C3O)C(O)C2O)C(O)C1O)C(O)/C=C/CCCCCCCCCCCCCCCC. The number of aliphatic hydroxyl groups is 11. The normalized spacial score (nSPS) is 27.4. The first kappa shape index (κ1) is 89.6. The van der Waals surface area contributed by atoms with Crippen molar-refractivity contribution in [3.05, 3.63) is 158 Å². The minimum atomic E-state index is -1.99. The van der Waals surface area contributed by atoms with Crippen LogP contribution in [0.5, 0.6) is 0 Å². The molecule has 0 bridgehead atoms. The maximum absolute atomic E-state index is 13.4. The van der Waals surface area contributed by atoms with Crippen LogP contribution in [0.2, 0.25) is 0 Å². The summed E-state index contributed by atoms with van der Waals surface area (Å²) in [6, 6.07) is -1.01. The number of carbonyl (C=O) groups is 1. The van der Waals surface area contributed by atoms with Gasteiger partial charge in [0.25, 0.3) is 0 Å². The van der Waals surface area contributed by atoms with E-state index in [1.165, 1.54) is 70.6 Å². The number of carbonyl (C=O) groups excluding carboxylic acids is 1. The van der Waals surface area contributed by atoms with Crippen molar-refractivity contribution in [3.63, 3.8) is 0 Å². The van der Waals surface area contributed by atoms with Gasteiger partial charge in [0.2, 0.25) is 5.91 Å². The van der Waals surface area contributed by atoms with Crippen molar-refractivity contribution in [1.82, 2.24) is 5.32 Å². The lowest BCUT2D eigenvalue weighted by Crippen LogP contribution is -2.66.